The monoisotopic (exact) mass is 446 g/mol. The molecule has 1 aromatic heterocycles. The molecule has 1 fully saturated rings. The van der Waals surface area contributed by atoms with E-state index >= 15 is 0 Å². The van der Waals surface area contributed by atoms with Gasteiger partial charge >= 0.3 is 0 Å². The van der Waals surface area contributed by atoms with E-state index in [0.29, 0.717) is 5.56 Å². The zero-order chi connectivity index (χ0) is 23.2. The quantitative estimate of drug-likeness (QED) is 0.297. The largest absolute Gasteiger partial charge is 0.508 e. The molecule has 1 aliphatic rings. The van der Waals surface area contributed by atoms with Crippen LogP contribution in [0.25, 0.3) is 22.3 Å². The van der Waals surface area contributed by atoms with E-state index in [9.17, 15) is 40.5 Å². The van der Waals surface area contributed by atoms with Crippen molar-refractivity contribution in [3.8, 4) is 34.3 Å². The van der Waals surface area contributed by atoms with Crippen LogP contribution < -0.4 is 10.2 Å². The lowest BCUT2D eigenvalue weighted by Gasteiger charge is -2.39. The van der Waals surface area contributed by atoms with E-state index in [4.69, 9.17) is 9.15 Å². The molecule has 0 radical (unpaired) electrons. The van der Waals surface area contributed by atoms with E-state index < -0.39 is 53.9 Å². The highest BCUT2D eigenvalue weighted by atomic mass is 16.5. The molecule has 32 heavy (non-hydrogen) atoms. The van der Waals surface area contributed by atoms with Gasteiger partial charge in [0.1, 0.15) is 46.5 Å². The summed E-state index contributed by atoms with van der Waals surface area (Å²) in [5.41, 5.74) is -0.625. The number of hydrogen-bond acceptors (Lipinski definition) is 10. The van der Waals surface area contributed by atoms with Gasteiger partial charge in [0.15, 0.2) is 5.76 Å². The maximum Gasteiger partial charge on any atom is 0.239 e. The Morgan fingerprint density at radius 1 is 0.938 bits per heavy atom. The molecule has 1 saturated carbocycles. The van der Waals surface area contributed by atoms with Gasteiger partial charge in [0.05, 0.1) is 6.10 Å². The van der Waals surface area contributed by atoms with Crippen LogP contribution in [0.5, 0.6) is 23.0 Å². The summed E-state index contributed by atoms with van der Waals surface area (Å²) in [6, 6.07) is 7.69. The van der Waals surface area contributed by atoms with Crippen molar-refractivity contribution in [1.82, 2.24) is 0 Å². The summed E-state index contributed by atoms with van der Waals surface area (Å²) in [6.07, 6.45) is -5.86. The molecule has 4 rings (SSSR count). The number of aliphatic hydroxyl groups is 4. The third kappa shape index (κ3) is 3.73. The van der Waals surface area contributed by atoms with Gasteiger partial charge in [0.2, 0.25) is 11.2 Å². The highest BCUT2D eigenvalue weighted by Crippen LogP contribution is 2.38. The minimum atomic E-state index is -1.62. The van der Waals surface area contributed by atoms with Crippen LogP contribution in [-0.4, -0.2) is 66.8 Å². The van der Waals surface area contributed by atoms with Crippen molar-refractivity contribution in [2.24, 2.45) is 5.92 Å². The average molecular weight is 446 g/mol. The Balaban J connectivity index is 1.89. The fourth-order valence-corrected chi connectivity index (χ4v) is 3.91. The van der Waals surface area contributed by atoms with Crippen LogP contribution in [0.15, 0.2) is 45.6 Å². The Morgan fingerprint density at radius 3 is 2.28 bits per heavy atom. The van der Waals surface area contributed by atoms with E-state index in [2.05, 4.69) is 0 Å². The predicted molar refractivity (Wildman–Crippen MR) is 111 cm³/mol. The third-order valence-corrected chi connectivity index (χ3v) is 5.65. The molecular weight excluding hydrogens is 424 g/mol. The summed E-state index contributed by atoms with van der Waals surface area (Å²) in [7, 11) is 0. The zero-order valence-corrected chi connectivity index (χ0v) is 16.6. The summed E-state index contributed by atoms with van der Waals surface area (Å²) in [5.74, 6) is -2.25. The van der Waals surface area contributed by atoms with Crippen LogP contribution in [0.2, 0.25) is 0 Å². The molecule has 0 bridgehead atoms. The fraction of sp³-hybridized carbons (Fsp3) is 0.318. The minimum Gasteiger partial charge on any atom is -0.508 e. The first-order valence-electron chi connectivity index (χ1n) is 9.85. The minimum absolute atomic E-state index is 0.0414. The molecule has 0 spiro atoms. The summed E-state index contributed by atoms with van der Waals surface area (Å²) >= 11 is 0. The molecule has 0 amide bonds. The lowest BCUT2D eigenvalue weighted by atomic mass is 9.81. The Hall–Kier alpha value is -3.31. The van der Waals surface area contributed by atoms with E-state index in [1.807, 2.05) is 0 Å². The van der Waals surface area contributed by atoms with Crippen LogP contribution in [0, 0.1) is 5.92 Å². The van der Waals surface area contributed by atoms with E-state index in [1.165, 1.54) is 24.3 Å². The second kappa shape index (κ2) is 8.32. The molecule has 5 atom stereocenters. The summed E-state index contributed by atoms with van der Waals surface area (Å²) < 4.78 is 11.6. The molecule has 3 aromatic rings. The molecule has 10 nitrogen and oxygen atoms in total. The number of ether oxygens (including phenoxy) is 1. The zero-order valence-electron chi connectivity index (χ0n) is 16.6. The van der Waals surface area contributed by atoms with Gasteiger partial charge in [-0.15, -0.1) is 0 Å². The topological polar surface area (TPSA) is 181 Å². The fourth-order valence-electron chi connectivity index (χ4n) is 3.91. The van der Waals surface area contributed by atoms with Gasteiger partial charge in [-0.2, -0.15) is 0 Å². The molecule has 0 aliphatic heterocycles. The second-order valence-corrected chi connectivity index (χ2v) is 7.78. The number of phenols is 3. The van der Waals surface area contributed by atoms with Crippen molar-refractivity contribution >= 4 is 11.0 Å². The molecule has 0 saturated heterocycles. The molecule has 1 aliphatic carbocycles. The summed E-state index contributed by atoms with van der Waals surface area (Å²) in [5, 5.41) is 69.4. The highest BCUT2D eigenvalue weighted by Gasteiger charge is 2.44. The van der Waals surface area contributed by atoms with Gasteiger partial charge in [-0.25, -0.2) is 0 Å². The van der Waals surface area contributed by atoms with E-state index in [-0.39, 0.29) is 34.6 Å². The van der Waals surface area contributed by atoms with Crippen molar-refractivity contribution in [3.63, 3.8) is 0 Å². The van der Waals surface area contributed by atoms with Crippen LogP contribution in [0.1, 0.15) is 6.42 Å². The SMILES string of the molecule is O=c1c(OC2CC(CO)C(O)C(O)C2O)c(-c2ccc(O)cc2)oc2cc(O)cc(O)c12. The lowest BCUT2D eigenvalue weighted by Crippen LogP contribution is -2.56. The number of rotatable bonds is 4. The Labute approximate surface area is 180 Å². The average Bonchev–Trinajstić information content (AvgIpc) is 2.75. The Morgan fingerprint density at radius 2 is 1.62 bits per heavy atom. The maximum atomic E-state index is 13.3. The van der Waals surface area contributed by atoms with Crippen molar-refractivity contribution in [3.05, 3.63) is 46.6 Å². The van der Waals surface area contributed by atoms with Gasteiger partial charge in [-0.05, 0) is 30.7 Å². The van der Waals surface area contributed by atoms with Gasteiger partial charge in [-0.3, -0.25) is 4.79 Å². The Bertz CT molecular complexity index is 1180. The number of fused-ring (bicyclic) bond motifs is 1. The first-order chi connectivity index (χ1) is 15.2. The molecule has 1 heterocycles. The molecule has 2 aromatic carbocycles. The molecule has 7 N–H and O–H groups in total. The number of aromatic hydroxyl groups is 3. The number of benzene rings is 2. The number of aliphatic hydroxyl groups excluding tert-OH is 4. The summed E-state index contributed by atoms with van der Waals surface area (Å²) in [6.45, 7) is -0.484. The number of hydrogen-bond donors (Lipinski definition) is 7. The normalized spacial score (nSPS) is 25.7. The third-order valence-electron chi connectivity index (χ3n) is 5.65. The van der Waals surface area contributed by atoms with Gasteiger partial charge in [-0.1, -0.05) is 0 Å². The highest BCUT2D eigenvalue weighted by molar-refractivity contribution is 5.88. The first-order valence-corrected chi connectivity index (χ1v) is 9.85. The first kappa shape index (κ1) is 21.9. The molecule has 5 unspecified atom stereocenters. The molecule has 10 heteroatoms. The predicted octanol–water partition coefficient (Wildman–Crippen LogP) is 0.419. The smallest absolute Gasteiger partial charge is 0.239 e. The number of phenolic OH excluding ortho intramolecular Hbond substituents is 3. The van der Waals surface area contributed by atoms with Gasteiger partial charge < -0.3 is 44.9 Å². The van der Waals surface area contributed by atoms with E-state index in [1.54, 1.807) is 0 Å². The van der Waals surface area contributed by atoms with Crippen LogP contribution in [0.3, 0.4) is 0 Å². The molecule has 170 valence electrons. The lowest BCUT2D eigenvalue weighted by molar-refractivity contribution is -0.157. The van der Waals surface area contributed by atoms with Crippen molar-refractivity contribution in [2.75, 3.05) is 6.61 Å². The van der Waals surface area contributed by atoms with Crippen molar-refractivity contribution in [1.29, 1.82) is 0 Å². The van der Waals surface area contributed by atoms with Crippen LogP contribution >= 0.6 is 0 Å². The van der Waals surface area contributed by atoms with Gasteiger partial charge in [0.25, 0.3) is 0 Å². The van der Waals surface area contributed by atoms with Crippen molar-refractivity contribution < 1.29 is 44.9 Å². The summed E-state index contributed by atoms with van der Waals surface area (Å²) in [4.78, 5) is 13.3. The van der Waals surface area contributed by atoms with Crippen LogP contribution in [0.4, 0.5) is 0 Å². The molecular formula is C22H22O10. The Kier molecular flexibility index (Phi) is 5.70. The second-order valence-electron chi connectivity index (χ2n) is 7.78. The standard InChI is InChI=1S/C22H22O10/c23-8-10-5-15(18(28)20(30)17(10)27)32-22-19(29)16-13(26)6-12(25)7-14(16)31-21(22)9-1-3-11(24)4-2-9/h1-4,6-7,10,15,17-18,20,23-28,30H,5,8H2. The van der Waals surface area contributed by atoms with Crippen molar-refractivity contribution in [2.45, 2.75) is 30.8 Å². The van der Waals surface area contributed by atoms with Gasteiger partial charge in [0, 0.05) is 30.2 Å². The maximum absolute atomic E-state index is 13.3. The van der Waals surface area contributed by atoms with E-state index in [0.717, 1.165) is 12.1 Å². The van der Waals surface area contributed by atoms with Crippen LogP contribution in [-0.2, 0) is 0 Å².